The average Bonchev–Trinajstić information content (AvgIpc) is 3.28. The number of benzene rings is 3. The van der Waals surface area contributed by atoms with Gasteiger partial charge in [-0.25, -0.2) is 4.98 Å². The lowest BCUT2D eigenvalue weighted by atomic mass is 10.1. The van der Waals surface area contributed by atoms with Crippen molar-refractivity contribution in [2.75, 3.05) is 27.9 Å². The maximum Gasteiger partial charge on any atom is 0.251 e. The van der Waals surface area contributed by atoms with Crippen molar-refractivity contribution in [3.63, 3.8) is 0 Å². The SMILES string of the molecule is COc1cc(C(=O)NCc2nc3ccccc3n2CCCCOc2ccccc2Cl)cc(OC)c1OC. The van der Waals surface area contributed by atoms with Gasteiger partial charge in [-0.1, -0.05) is 35.9 Å². The van der Waals surface area contributed by atoms with Crippen LogP contribution in [0.3, 0.4) is 0 Å². The molecule has 0 aliphatic carbocycles. The molecule has 0 bridgehead atoms. The quantitative estimate of drug-likeness (QED) is 0.247. The van der Waals surface area contributed by atoms with Gasteiger partial charge in [-0.2, -0.15) is 0 Å². The van der Waals surface area contributed by atoms with Gasteiger partial charge in [0.25, 0.3) is 5.91 Å². The smallest absolute Gasteiger partial charge is 0.251 e. The number of para-hydroxylation sites is 3. The number of carbonyl (C=O) groups excluding carboxylic acids is 1. The van der Waals surface area contributed by atoms with E-state index in [9.17, 15) is 4.79 Å². The second kappa shape index (κ2) is 12.4. The molecule has 3 aromatic carbocycles. The molecule has 4 aromatic rings. The van der Waals surface area contributed by atoms with Gasteiger partial charge in [0.2, 0.25) is 5.75 Å². The van der Waals surface area contributed by atoms with Crippen molar-refractivity contribution in [2.45, 2.75) is 25.9 Å². The Balaban J connectivity index is 1.43. The van der Waals surface area contributed by atoms with E-state index in [2.05, 4.69) is 9.88 Å². The van der Waals surface area contributed by atoms with Gasteiger partial charge in [0.15, 0.2) is 11.5 Å². The number of ether oxygens (including phenoxy) is 4. The van der Waals surface area contributed by atoms with Crippen LogP contribution in [0.4, 0.5) is 0 Å². The van der Waals surface area contributed by atoms with E-state index in [4.69, 9.17) is 35.5 Å². The summed E-state index contributed by atoms with van der Waals surface area (Å²) in [5.41, 5.74) is 2.30. The van der Waals surface area contributed by atoms with E-state index in [1.807, 2.05) is 48.5 Å². The number of halogens is 1. The summed E-state index contributed by atoms with van der Waals surface area (Å²) >= 11 is 6.17. The molecule has 0 aliphatic rings. The number of hydrogen-bond donors (Lipinski definition) is 1. The first-order valence-electron chi connectivity index (χ1n) is 12.0. The third-order valence-electron chi connectivity index (χ3n) is 5.94. The molecule has 0 radical (unpaired) electrons. The van der Waals surface area contributed by atoms with Gasteiger partial charge in [0.05, 0.1) is 50.5 Å². The number of aryl methyl sites for hydroxylation is 1. The summed E-state index contributed by atoms with van der Waals surface area (Å²) in [6, 6.07) is 18.6. The monoisotopic (exact) mass is 523 g/mol. The lowest BCUT2D eigenvalue weighted by Crippen LogP contribution is -2.25. The van der Waals surface area contributed by atoms with Crippen LogP contribution in [0, 0.1) is 0 Å². The maximum absolute atomic E-state index is 13.0. The Morgan fingerprint density at radius 1 is 0.919 bits per heavy atom. The van der Waals surface area contributed by atoms with Crippen LogP contribution >= 0.6 is 11.6 Å². The normalized spacial score (nSPS) is 10.8. The van der Waals surface area contributed by atoms with Gasteiger partial charge in [-0.15, -0.1) is 0 Å². The van der Waals surface area contributed by atoms with Gasteiger partial charge in [0.1, 0.15) is 11.6 Å². The van der Waals surface area contributed by atoms with Crippen molar-refractivity contribution in [3.05, 3.63) is 77.1 Å². The van der Waals surface area contributed by atoms with Gasteiger partial charge >= 0.3 is 0 Å². The molecule has 0 fully saturated rings. The highest BCUT2D eigenvalue weighted by Crippen LogP contribution is 2.38. The Kier molecular flexibility index (Phi) is 8.74. The Morgan fingerprint density at radius 3 is 2.32 bits per heavy atom. The van der Waals surface area contributed by atoms with Crippen LogP contribution in [0.5, 0.6) is 23.0 Å². The fourth-order valence-electron chi connectivity index (χ4n) is 4.10. The highest BCUT2D eigenvalue weighted by atomic mass is 35.5. The number of fused-ring (bicyclic) bond motifs is 1. The van der Waals surface area contributed by atoms with Crippen LogP contribution in [-0.4, -0.2) is 43.4 Å². The van der Waals surface area contributed by atoms with E-state index in [1.165, 1.54) is 21.3 Å². The number of amides is 1. The van der Waals surface area contributed by atoms with Gasteiger partial charge in [-0.3, -0.25) is 4.79 Å². The first-order chi connectivity index (χ1) is 18.0. The summed E-state index contributed by atoms with van der Waals surface area (Å²) in [7, 11) is 4.55. The van der Waals surface area contributed by atoms with E-state index < -0.39 is 0 Å². The molecule has 1 N–H and O–H groups in total. The third kappa shape index (κ3) is 6.09. The Morgan fingerprint density at radius 2 is 1.62 bits per heavy atom. The molecule has 1 aromatic heterocycles. The summed E-state index contributed by atoms with van der Waals surface area (Å²) in [5.74, 6) is 2.45. The predicted molar refractivity (Wildman–Crippen MR) is 143 cm³/mol. The maximum atomic E-state index is 13.0. The molecule has 0 unspecified atom stereocenters. The molecule has 37 heavy (non-hydrogen) atoms. The van der Waals surface area contributed by atoms with E-state index in [-0.39, 0.29) is 12.5 Å². The molecule has 8 nitrogen and oxygen atoms in total. The fraction of sp³-hybridized carbons (Fsp3) is 0.286. The van der Waals surface area contributed by atoms with Crippen molar-refractivity contribution in [2.24, 2.45) is 0 Å². The predicted octanol–water partition coefficient (Wildman–Crippen LogP) is 5.50. The molecule has 194 valence electrons. The van der Waals surface area contributed by atoms with Crippen molar-refractivity contribution < 1.29 is 23.7 Å². The number of hydrogen-bond acceptors (Lipinski definition) is 6. The molecule has 1 heterocycles. The standard InChI is InChI=1S/C28H30ClN3O5/c1-34-24-16-19(17-25(35-2)27(24)36-3)28(33)30-18-26-31-21-11-5-6-12-22(21)32(26)14-8-9-15-37-23-13-7-4-10-20(23)29/h4-7,10-13,16-17H,8-9,14-15,18H2,1-3H3,(H,30,33). The largest absolute Gasteiger partial charge is 0.493 e. The van der Waals surface area contributed by atoms with E-state index in [0.29, 0.717) is 40.2 Å². The zero-order chi connectivity index (χ0) is 26.2. The number of imidazole rings is 1. The first-order valence-corrected chi connectivity index (χ1v) is 12.3. The lowest BCUT2D eigenvalue weighted by Gasteiger charge is -2.14. The summed E-state index contributed by atoms with van der Waals surface area (Å²) in [6.45, 7) is 1.56. The van der Waals surface area contributed by atoms with E-state index in [0.717, 1.165) is 36.2 Å². The van der Waals surface area contributed by atoms with E-state index in [1.54, 1.807) is 12.1 Å². The zero-order valence-electron chi connectivity index (χ0n) is 21.1. The minimum atomic E-state index is -0.272. The molecule has 0 spiro atoms. The molecule has 0 saturated carbocycles. The van der Waals surface area contributed by atoms with Gasteiger partial charge in [0, 0.05) is 12.1 Å². The summed E-state index contributed by atoms with van der Waals surface area (Å²) < 4.78 is 24.0. The third-order valence-corrected chi connectivity index (χ3v) is 6.25. The first kappa shape index (κ1) is 26.2. The van der Waals surface area contributed by atoms with E-state index >= 15 is 0 Å². The second-order valence-corrected chi connectivity index (χ2v) is 8.66. The topological polar surface area (TPSA) is 83.8 Å². The van der Waals surface area contributed by atoms with Crippen molar-refractivity contribution in [1.82, 2.24) is 14.9 Å². The number of nitrogens with one attached hydrogen (secondary N) is 1. The fourth-order valence-corrected chi connectivity index (χ4v) is 4.29. The Hall–Kier alpha value is -3.91. The number of unbranched alkanes of at least 4 members (excludes halogenated alkanes) is 1. The number of rotatable bonds is 12. The summed E-state index contributed by atoms with van der Waals surface area (Å²) in [5, 5.41) is 3.58. The minimum Gasteiger partial charge on any atom is -0.493 e. The van der Waals surface area contributed by atoms with Crippen molar-refractivity contribution in [1.29, 1.82) is 0 Å². The Labute approximate surface area is 221 Å². The van der Waals surface area contributed by atoms with Crippen LogP contribution in [0.25, 0.3) is 11.0 Å². The van der Waals surface area contributed by atoms with Crippen molar-refractivity contribution >= 4 is 28.5 Å². The average molecular weight is 524 g/mol. The van der Waals surface area contributed by atoms with Crippen LogP contribution in [-0.2, 0) is 13.1 Å². The minimum absolute atomic E-state index is 0.264. The Bertz CT molecular complexity index is 1350. The van der Waals surface area contributed by atoms with Crippen LogP contribution in [0.15, 0.2) is 60.7 Å². The molecule has 9 heteroatoms. The highest BCUT2D eigenvalue weighted by molar-refractivity contribution is 6.32. The van der Waals surface area contributed by atoms with Gasteiger partial charge in [-0.05, 0) is 49.2 Å². The molecular weight excluding hydrogens is 494 g/mol. The number of carbonyl (C=O) groups is 1. The van der Waals surface area contributed by atoms with Crippen LogP contribution in [0.2, 0.25) is 5.02 Å². The molecule has 0 atom stereocenters. The molecular formula is C28H30ClN3O5. The number of aromatic nitrogens is 2. The summed E-state index contributed by atoms with van der Waals surface area (Å²) in [4.78, 5) is 17.8. The number of methoxy groups -OCH3 is 3. The molecule has 4 rings (SSSR count). The highest BCUT2D eigenvalue weighted by Gasteiger charge is 2.18. The molecule has 0 saturated heterocycles. The lowest BCUT2D eigenvalue weighted by molar-refractivity contribution is 0.0948. The summed E-state index contributed by atoms with van der Waals surface area (Å²) in [6.07, 6.45) is 1.72. The van der Waals surface area contributed by atoms with Crippen molar-refractivity contribution in [3.8, 4) is 23.0 Å². The van der Waals surface area contributed by atoms with Crippen LogP contribution in [0.1, 0.15) is 29.0 Å². The van der Waals surface area contributed by atoms with Gasteiger partial charge < -0.3 is 28.8 Å². The molecule has 0 aliphatic heterocycles. The zero-order valence-corrected chi connectivity index (χ0v) is 21.9. The second-order valence-electron chi connectivity index (χ2n) is 8.25. The van der Waals surface area contributed by atoms with Crippen LogP contribution < -0.4 is 24.3 Å². The number of nitrogens with zero attached hydrogens (tertiary/aromatic N) is 2. The molecule has 1 amide bonds.